The molecule has 2 amide bonds. The molecule has 2 heterocycles. The van der Waals surface area contributed by atoms with E-state index in [0.717, 1.165) is 21.9 Å². The van der Waals surface area contributed by atoms with Crippen molar-refractivity contribution >= 4 is 29.3 Å². The highest BCUT2D eigenvalue weighted by molar-refractivity contribution is 7.99. The Bertz CT molecular complexity index is 957. The van der Waals surface area contributed by atoms with Crippen LogP contribution in [0.4, 0.5) is 5.69 Å². The van der Waals surface area contributed by atoms with E-state index >= 15 is 0 Å². The van der Waals surface area contributed by atoms with Gasteiger partial charge in [0.25, 0.3) is 0 Å². The highest BCUT2D eigenvalue weighted by Crippen LogP contribution is 2.45. The van der Waals surface area contributed by atoms with Gasteiger partial charge in [-0.1, -0.05) is 42.5 Å². The number of carbonyl (C=O) groups excluding carboxylic acids is 2. The van der Waals surface area contributed by atoms with Gasteiger partial charge in [-0.05, 0) is 29.8 Å². The maximum Gasteiger partial charge on any atom is 0.240 e. The highest BCUT2D eigenvalue weighted by Gasteiger charge is 2.31. The molecule has 0 unspecified atom stereocenters. The molecular weight excluding hydrogens is 372 g/mol. The molecule has 0 aliphatic carbocycles. The van der Waals surface area contributed by atoms with E-state index in [1.165, 1.54) is 0 Å². The van der Waals surface area contributed by atoms with Crippen molar-refractivity contribution in [3.63, 3.8) is 0 Å². The number of nitrogens with zero attached hydrogens (tertiary/aromatic N) is 1. The predicted octanol–water partition coefficient (Wildman–Crippen LogP) is 4.17. The lowest BCUT2D eigenvalue weighted by atomic mass is 10.2. The summed E-state index contributed by atoms with van der Waals surface area (Å²) in [5, 5.41) is 2.79. The number of amides is 2. The molecule has 142 valence electrons. The number of fused-ring (bicyclic) bond motifs is 1. The van der Waals surface area contributed by atoms with Crippen LogP contribution in [0.15, 0.2) is 82.3 Å². The van der Waals surface area contributed by atoms with E-state index in [0.29, 0.717) is 6.54 Å². The van der Waals surface area contributed by atoms with Crippen molar-refractivity contribution in [2.24, 2.45) is 0 Å². The summed E-state index contributed by atoms with van der Waals surface area (Å²) in [5.74, 6) is 0.491. The first kappa shape index (κ1) is 18.4. The summed E-state index contributed by atoms with van der Waals surface area (Å²) in [6, 6.07) is 21.1. The summed E-state index contributed by atoms with van der Waals surface area (Å²) in [6.07, 6.45) is 1.89. The van der Waals surface area contributed by atoms with Crippen LogP contribution in [0.2, 0.25) is 0 Å². The Labute approximate surface area is 167 Å². The molecule has 1 aliphatic rings. The smallest absolute Gasteiger partial charge is 0.240 e. The molecule has 0 radical (unpaired) electrons. The fraction of sp³-hybridized carbons (Fsp3) is 0.182. The number of anilines is 1. The van der Waals surface area contributed by atoms with Crippen molar-refractivity contribution in [2.75, 3.05) is 11.4 Å². The zero-order chi connectivity index (χ0) is 19.3. The number of carbonyl (C=O) groups is 2. The lowest BCUT2D eigenvalue weighted by Gasteiger charge is -2.22. The van der Waals surface area contributed by atoms with E-state index in [4.69, 9.17) is 4.42 Å². The standard InChI is InChI=1S/C22H20N2O3S/c25-21(23-14-16-7-2-1-3-8-16)15-24-17-9-4-5-11-19(17)28-20(13-22(24)26)18-10-6-12-27-18/h1-12,20H,13-15H2,(H,23,25)/t20-/m0/s1. The number of nitrogens with one attached hydrogen (secondary N) is 1. The molecule has 1 N–H and O–H groups in total. The zero-order valence-electron chi connectivity index (χ0n) is 15.2. The van der Waals surface area contributed by atoms with Crippen LogP contribution in [0.5, 0.6) is 0 Å². The van der Waals surface area contributed by atoms with Crippen LogP contribution in [0, 0.1) is 0 Å². The van der Waals surface area contributed by atoms with Gasteiger partial charge in [-0.2, -0.15) is 0 Å². The molecule has 1 aromatic heterocycles. The molecule has 28 heavy (non-hydrogen) atoms. The Balaban J connectivity index is 1.51. The van der Waals surface area contributed by atoms with Gasteiger partial charge >= 0.3 is 0 Å². The van der Waals surface area contributed by atoms with Gasteiger partial charge in [-0.3, -0.25) is 9.59 Å². The minimum absolute atomic E-state index is 0.00584. The molecule has 0 bridgehead atoms. The summed E-state index contributed by atoms with van der Waals surface area (Å²) in [7, 11) is 0. The van der Waals surface area contributed by atoms with Gasteiger partial charge in [0, 0.05) is 17.9 Å². The number of para-hydroxylation sites is 1. The van der Waals surface area contributed by atoms with Crippen LogP contribution >= 0.6 is 11.8 Å². The van der Waals surface area contributed by atoms with Crippen molar-refractivity contribution in [2.45, 2.75) is 23.1 Å². The quantitative estimate of drug-likeness (QED) is 0.708. The van der Waals surface area contributed by atoms with Crippen molar-refractivity contribution in [1.82, 2.24) is 5.32 Å². The first-order valence-corrected chi connectivity index (χ1v) is 9.99. The lowest BCUT2D eigenvalue weighted by molar-refractivity contribution is -0.124. The van der Waals surface area contributed by atoms with E-state index in [1.807, 2.05) is 66.7 Å². The molecule has 0 saturated heterocycles. The monoisotopic (exact) mass is 392 g/mol. The van der Waals surface area contributed by atoms with E-state index < -0.39 is 0 Å². The van der Waals surface area contributed by atoms with Crippen LogP contribution in [0.1, 0.15) is 23.0 Å². The molecule has 5 nitrogen and oxygen atoms in total. The zero-order valence-corrected chi connectivity index (χ0v) is 16.0. The van der Waals surface area contributed by atoms with Crippen LogP contribution < -0.4 is 10.2 Å². The molecule has 1 atom stereocenters. The van der Waals surface area contributed by atoms with Crippen LogP contribution in [-0.2, 0) is 16.1 Å². The SMILES string of the molecule is O=C(CN1C(=O)C[C@@H](c2ccco2)Sc2ccccc21)NCc1ccccc1. The summed E-state index contributed by atoms with van der Waals surface area (Å²) in [4.78, 5) is 28.1. The Morgan fingerprint density at radius 1 is 1.07 bits per heavy atom. The number of benzene rings is 2. The molecule has 6 heteroatoms. The topological polar surface area (TPSA) is 62.6 Å². The van der Waals surface area contributed by atoms with E-state index in [1.54, 1.807) is 22.9 Å². The average molecular weight is 392 g/mol. The van der Waals surface area contributed by atoms with E-state index in [2.05, 4.69) is 5.32 Å². The van der Waals surface area contributed by atoms with Crippen molar-refractivity contribution in [3.8, 4) is 0 Å². The molecule has 4 rings (SSSR count). The normalized spacial score (nSPS) is 16.4. The lowest BCUT2D eigenvalue weighted by Crippen LogP contribution is -2.40. The highest BCUT2D eigenvalue weighted by atomic mass is 32.2. The third kappa shape index (κ3) is 4.12. The molecule has 1 aliphatic heterocycles. The molecule has 2 aromatic carbocycles. The van der Waals surface area contributed by atoms with Gasteiger partial charge in [0.2, 0.25) is 11.8 Å². The van der Waals surface area contributed by atoms with Gasteiger partial charge in [0.15, 0.2) is 0 Å². The van der Waals surface area contributed by atoms with Gasteiger partial charge < -0.3 is 14.6 Å². The number of thioether (sulfide) groups is 1. The number of hydrogen-bond donors (Lipinski definition) is 1. The molecule has 0 spiro atoms. The van der Waals surface area contributed by atoms with Crippen molar-refractivity contribution < 1.29 is 14.0 Å². The fourth-order valence-electron chi connectivity index (χ4n) is 3.18. The Hall–Kier alpha value is -2.99. The maximum absolute atomic E-state index is 13.0. The molecule has 3 aromatic rings. The number of furan rings is 1. The summed E-state index contributed by atoms with van der Waals surface area (Å²) in [6.45, 7) is 0.432. The van der Waals surface area contributed by atoms with Crippen molar-refractivity contribution in [3.05, 3.63) is 84.3 Å². The average Bonchev–Trinajstić information content (AvgIpc) is 3.22. The third-order valence-electron chi connectivity index (χ3n) is 4.58. The largest absolute Gasteiger partial charge is 0.468 e. The first-order chi connectivity index (χ1) is 13.7. The van der Waals surface area contributed by atoms with Gasteiger partial charge in [-0.25, -0.2) is 0 Å². The Morgan fingerprint density at radius 3 is 2.64 bits per heavy atom. The van der Waals surface area contributed by atoms with E-state index in [-0.39, 0.29) is 30.0 Å². The second-order valence-electron chi connectivity index (χ2n) is 6.54. The first-order valence-electron chi connectivity index (χ1n) is 9.11. The Kier molecular flexibility index (Phi) is 5.48. The summed E-state index contributed by atoms with van der Waals surface area (Å²) < 4.78 is 5.52. The molecule has 0 saturated carbocycles. The van der Waals surface area contributed by atoms with Crippen molar-refractivity contribution in [1.29, 1.82) is 0 Å². The van der Waals surface area contributed by atoms with E-state index in [9.17, 15) is 9.59 Å². The van der Waals surface area contributed by atoms with Crippen LogP contribution in [0.3, 0.4) is 0 Å². The van der Waals surface area contributed by atoms with Crippen LogP contribution in [-0.4, -0.2) is 18.4 Å². The predicted molar refractivity (Wildman–Crippen MR) is 109 cm³/mol. The second-order valence-corrected chi connectivity index (χ2v) is 7.78. The minimum atomic E-state index is -0.187. The van der Waals surface area contributed by atoms with Gasteiger partial charge in [0.1, 0.15) is 12.3 Å². The fourth-order valence-corrected chi connectivity index (χ4v) is 4.42. The molecule has 0 fully saturated rings. The van der Waals surface area contributed by atoms with Crippen LogP contribution in [0.25, 0.3) is 0 Å². The maximum atomic E-state index is 13.0. The summed E-state index contributed by atoms with van der Waals surface area (Å²) >= 11 is 1.59. The second kappa shape index (κ2) is 8.35. The Morgan fingerprint density at radius 2 is 1.86 bits per heavy atom. The summed E-state index contributed by atoms with van der Waals surface area (Å²) in [5.41, 5.74) is 1.79. The number of hydrogen-bond acceptors (Lipinski definition) is 4. The van der Waals surface area contributed by atoms with Gasteiger partial charge in [-0.15, -0.1) is 11.8 Å². The van der Waals surface area contributed by atoms with Gasteiger partial charge in [0.05, 0.1) is 17.2 Å². The third-order valence-corrected chi connectivity index (χ3v) is 5.86. The number of rotatable bonds is 5. The minimum Gasteiger partial charge on any atom is -0.468 e. The molecular formula is C22H20N2O3S.